The monoisotopic (exact) mass is 404 g/mol. The normalized spacial score (nSPS) is 13.8. The first kappa shape index (κ1) is 20.1. The molecule has 2 aromatic rings. The molecule has 0 atom stereocenters. The van der Waals surface area contributed by atoms with Gasteiger partial charge < -0.3 is 9.47 Å². The molecule has 1 fully saturated rings. The number of sulfonamides is 1. The molecule has 0 unspecified atom stereocenters. The highest BCUT2D eigenvalue weighted by molar-refractivity contribution is 7.93. The van der Waals surface area contributed by atoms with Crippen LogP contribution in [0.3, 0.4) is 0 Å². The number of benzene rings is 1. The van der Waals surface area contributed by atoms with Crippen LogP contribution in [0.5, 0.6) is 5.75 Å². The van der Waals surface area contributed by atoms with Gasteiger partial charge in [0.25, 0.3) is 0 Å². The van der Waals surface area contributed by atoms with Crippen molar-refractivity contribution in [3.63, 3.8) is 0 Å². The Kier molecular flexibility index (Phi) is 6.18. The van der Waals surface area contributed by atoms with E-state index in [1.165, 1.54) is 10.5 Å². The second-order valence-corrected chi connectivity index (χ2v) is 8.72. The highest BCUT2D eigenvalue weighted by Gasteiger charge is 2.40. The largest absolute Gasteiger partial charge is 0.497 e. The van der Waals surface area contributed by atoms with Crippen molar-refractivity contribution in [3.8, 4) is 5.75 Å². The van der Waals surface area contributed by atoms with E-state index in [1.807, 2.05) is 12.1 Å². The van der Waals surface area contributed by atoms with E-state index in [1.54, 1.807) is 38.3 Å². The summed E-state index contributed by atoms with van der Waals surface area (Å²) in [5, 5.41) is -0.354. The molecule has 1 aliphatic rings. The molecule has 150 valence electrons. The number of anilines is 1. The highest BCUT2D eigenvalue weighted by Crippen LogP contribution is 2.34. The summed E-state index contributed by atoms with van der Waals surface area (Å²) in [6, 6.07) is 10.6. The van der Waals surface area contributed by atoms with Gasteiger partial charge in [0.15, 0.2) is 0 Å². The molecule has 8 heteroatoms. The molecule has 3 rings (SSSR count). The van der Waals surface area contributed by atoms with E-state index in [0.717, 1.165) is 5.56 Å². The lowest BCUT2D eigenvalue weighted by atomic mass is 10.2. The van der Waals surface area contributed by atoms with E-state index in [2.05, 4.69) is 4.98 Å². The molecule has 0 spiro atoms. The van der Waals surface area contributed by atoms with Crippen LogP contribution in [0.1, 0.15) is 31.0 Å². The molecule has 0 radical (unpaired) electrons. The van der Waals surface area contributed by atoms with Crippen molar-refractivity contribution in [2.24, 2.45) is 0 Å². The summed E-state index contributed by atoms with van der Waals surface area (Å²) in [6.45, 7) is 2.23. The van der Waals surface area contributed by atoms with Gasteiger partial charge in [-0.1, -0.05) is 12.1 Å². The first-order valence-electron chi connectivity index (χ1n) is 9.19. The van der Waals surface area contributed by atoms with Crippen molar-refractivity contribution in [2.45, 2.75) is 38.0 Å². The van der Waals surface area contributed by atoms with E-state index in [0.29, 0.717) is 30.0 Å². The summed E-state index contributed by atoms with van der Waals surface area (Å²) < 4.78 is 37.6. The maximum atomic E-state index is 13.0. The summed E-state index contributed by atoms with van der Waals surface area (Å²) in [6.07, 6.45) is 2.86. The van der Waals surface area contributed by atoms with Crippen molar-refractivity contribution in [1.82, 2.24) is 4.98 Å². The minimum absolute atomic E-state index is 0.00152. The summed E-state index contributed by atoms with van der Waals surface area (Å²) in [7, 11) is -1.91. The highest BCUT2D eigenvalue weighted by atomic mass is 32.2. The summed E-state index contributed by atoms with van der Waals surface area (Å²) in [5.41, 5.74) is 1.81. The summed E-state index contributed by atoms with van der Waals surface area (Å²) in [4.78, 5) is 15.9. The molecule has 0 N–H and O–H groups in total. The molecule has 1 aromatic heterocycles. The molecule has 1 saturated carbocycles. The zero-order chi connectivity index (χ0) is 20.1. The standard InChI is InChI=1S/C20H24N2O5S/c1-3-27-20(23)13-16-12-17(10-11-21-16)22(28(24,25)19-8-9-19)14-15-4-6-18(26-2)7-5-15/h4-7,10-12,19H,3,8-9,13-14H2,1-2H3. The third-order valence-electron chi connectivity index (χ3n) is 4.46. The van der Waals surface area contributed by atoms with Gasteiger partial charge in [-0.05, 0) is 49.6 Å². The first-order chi connectivity index (χ1) is 13.4. The van der Waals surface area contributed by atoms with Crippen molar-refractivity contribution >= 4 is 21.7 Å². The number of nitrogens with zero attached hydrogens (tertiary/aromatic N) is 2. The van der Waals surface area contributed by atoms with Crippen LogP contribution in [0.2, 0.25) is 0 Å². The number of hydrogen-bond donors (Lipinski definition) is 0. The van der Waals surface area contributed by atoms with Gasteiger partial charge in [0, 0.05) is 6.20 Å². The van der Waals surface area contributed by atoms with Crippen molar-refractivity contribution < 1.29 is 22.7 Å². The molecule has 1 aromatic carbocycles. The van der Waals surface area contributed by atoms with Gasteiger partial charge >= 0.3 is 5.97 Å². The Labute approximate surface area is 165 Å². The zero-order valence-corrected chi connectivity index (χ0v) is 16.8. The minimum atomic E-state index is -3.49. The predicted molar refractivity (Wildman–Crippen MR) is 106 cm³/mol. The van der Waals surface area contributed by atoms with Gasteiger partial charge in [-0.2, -0.15) is 0 Å². The maximum absolute atomic E-state index is 13.0. The zero-order valence-electron chi connectivity index (χ0n) is 16.0. The van der Waals surface area contributed by atoms with Crippen molar-refractivity contribution in [1.29, 1.82) is 0 Å². The number of carbonyl (C=O) groups is 1. The number of carbonyl (C=O) groups excluding carboxylic acids is 1. The average Bonchev–Trinajstić information content (AvgIpc) is 3.53. The number of pyridine rings is 1. The van der Waals surface area contributed by atoms with Crippen LogP contribution in [-0.4, -0.2) is 38.3 Å². The third kappa shape index (κ3) is 4.81. The number of hydrogen-bond acceptors (Lipinski definition) is 6. The van der Waals surface area contributed by atoms with Crippen LogP contribution < -0.4 is 9.04 Å². The van der Waals surface area contributed by atoms with E-state index >= 15 is 0 Å². The molecule has 0 amide bonds. The Bertz CT molecular complexity index is 924. The Morgan fingerprint density at radius 3 is 2.54 bits per heavy atom. The number of ether oxygens (including phenoxy) is 2. The van der Waals surface area contributed by atoms with E-state index in [-0.39, 0.29) is 30.8 Å². The Morgan fingerprint density at radius 2 is 1.93 bits per heavy atom. The van der Waals surface area contributed by atoms with Crippen LogP contribution in [-0.2, 0) is 32.5 Å². The van der Waals surface area contributed by atoms with E-state index in [9.17, 15) is 13.2 Å². The Morgan fingerprint density at radius 1 is 1.21 bits per heavy atom. The molecule has 28 heavy (non-hydrogen) atoms. The van der Waals surface area contributed by atoms with Crippen molar-refractivity contribution in [2.75, 3.05) is 18.0 Å². The maximum Gasteiger partial charge on any atom is 0.311 e. The van der Waals surface area contributed by atoms with Gasteiger partial charge in [-0.25, -0.2) is 8.42 Å². The molecular weight excluding hydrogens is 380 g/mol. The fourth-order valence-corrected chi connectivity index (χ4v) is 4.68. The second-order valence-electron chi connectivity index (χ2n) is 6.59. The van der Waals surface area contributed by atoms with Crippen LogP contribution in [0.25, 0.3) is 0 Å². The third-order valence-corrected chi connectivity index (χ3v) is 6.73. The van der Waals surface area contributed by atoms with E-state index < -0.39 is 10.0 Å². The first-order valence-corrected chi connectivity index (χ1v) is 10.7. The van der Waals surface area contributed by atoms with Gasteiger partial charge in [0.2, 0.25) is 10.0 Å². The number of esters is 1. The smallest absolute Gasteiger partial charge is 0.311 e. The Balaban J connectivity index is 1.89. The summed E-state index contributed by atoms with van der Waals surface area (Å²) in [5.74, 6) is 0.319. The number of rotatable bonds is 9. The molecule has 0 aliphatic heterocycles. The lowest BCUT2D eigenvalue weighted by Gasteiger charge is -2.25. The predicted octanol–water partition coefficient (Wildman–Crippen LogP) is 2.69. The quantitative estimate of drug-likeness (QED) is 0.598. The lowest BCUT2D eigenvalue weighted by molar-refractivity contribution is -0.142. The van der Waals surface area contributed by atoms with Gasteiger partial charge in [-0.3, -0.25) is 14.1 Å². The second kappa shape index (κ2) is 8.60. The van der Waals surface area contributed by atoms with Gasteiger partial charge in [0.05, 0.1) is 43.3 Å². The molecule has 0 saturated heterocycles. The fourth-order valence-electron chi connectivity index (χ4n) is 2.85. The average molecular weight is 404 g/mol. The van der Waals surface area contributed by atoms with Crippen LogP contribution in [0.15, 0.2) is 42.6 Å². The minimum Gasteiger partial charge on any atom is -0.497 e. The van der Waals surface area contributed by atoms with Crippen LogP contribution in [0, 0.1) is 0 Å². The van der Waals surface area contributed by atoms with Crippen molar-refractivity contribution in [3.05, 3.63) is 53.9 Å². The van der Waals surface area contributed by atoms with Gasteiger partial charge in [-0.15, -0.1) is 0 Å². The molecule has 1 aliphatic carbocycles. The van der Waals surface area contributed by atoms with Gasteiger partial charge in [0.1, 0.15) is 5.75 Å². The summed E-state index contributed by atoms with van der Waals surface area (Å²) >= 11 is 0. The van der Waals surface area contributed by atoms with E-state index in [4.69, 9.17) is 9.47 Å². The van der Waals surface area contributed by atoms with Crippen LogP contribution >= 0.6 is 0 Å². The molecular formula is C20H24N2O5S. The van der Waals surface area contributed by atoms with Crippen LogP contribution in [0.4, 0.5) is 5.69 Å². The Hall–Kier alpha value is -2.61. The number of methoxy groups -OCH3 is 1. The topological polar surface area (TPSA) is 85.8 Å². The molecule has 0 bridgehead atoms. The molecule has 1 heterocycles. The lowest BCUT2D eigenvalue weighted by Crippen LogP contribution is -2.33. The number of aromatic nitrogens is 1. The molecule has 7 nitrogen and oxygen atoms in total. The fraction of sp³-hybridized carbons (Fsp3) is 0.400. The SMILES string of the molecule is CCOC(=O)Cc1cc(N(Cc2ccc(OC)cc2)S(=O)(=O)C2CC2)ccn1.